The maximum Gasteiger partial charge on any atom is 0.407 e. The summed E-state index contributed by atoms with van der Waals surface area (Å²) in [4.78, 5) is 11.4. The molecule has 12 heavy (non-hydrogen) atoms. The number of halogens is 2. The number of carboxylic acid groups (broad SMARTS) is 1. The van der Waals surface area contributed by atoms with Crippen molar-refractivity contribution in [1.82, 2.24) is 4.90 Å². The van der Waals surface area contributed by atoms with Crippen molar-refractivity contribution in [2.45, 2.75) is 19.3 Å². The first-order valence-electron chi connectivity index (χ1n) is 3.77. The summed E-state index contributed by atoms with van der Waals surface area (Å²) in [5.41, 5.74) is 0. The summed E-state index contributed by atoms with van der Waals surface area (Å²) in [6, 6.07) is 0. The summed E-state index contributed by atoms with van der Waals surface area (Å²) in [6.45, 7) is 1.02. The molecule has 0 bridgehead atoms. The Bertz CT molecular complexity index is 190. The molecule has 0 aromatic carbocycles. The van der Waals surface area contributed by atoms with E-state index >= 15 is 0 Å². The molecule has 1 saturated heterocycles. The van der Waals surface area contributed by atoms with E-state index in [0.717, 1.165) is 11.8 Å². The van der Waals surface area contributed by atoms with Crippen molar-refractivity contribution < 1.29 is 18.7 Å². The van der Waals surface area contributed by atoms with Crippen molar-refractivity contribution in [3.8, 4) is 0 Å². The zero-order chi connectivity index (χ0) is 9.35. The van der Waals surface area contributed by atoms with E-state index in [-0.39, 0.29) is 19.5 Å². The number of hydrogen-bond donors (Lipinski definition) is 1. The van der Waals surface area contributed by atoms with E-state index in [1.807, 2.05) is 0 Å². The number of hydrogen-bond acceptors (Lipinski definition) is 1. The van der Waals surface area contributed by atoms with Crippen LogP contribution in [0.2, 0.25) is 0 Å². The SMILES string of the molecule is CC(F)(F)[C@@H]1CCN(C(=O)O)C1. The minimum atomic E-state index is -2.76. The van der Waals surface area contributed by atoms with Gasteiger partial charge in [-0.2, -0.15) is 0 Å². The van der Waals surface area contributed by atoms with E-state index in [2.05, 4.69) is 0 Å². The van der Waals surface area contributed by atoms with E-state index in [1.54, 1.807) is 0 Å². The van der Waals surface area contributed by atoms with Gasteiger partial charge in [0, 0.05) is 19.0 Å². The van der Waals surface area contributed by atoms with Crippen LogP contribution in [0.4, 0.5) is 13.6 Å². The van der Waals surface area contributed by atoms with Crippen molar-refractivity contribution >= 4 is 6.09 Å². The van der Waals surface area contributed by atoms with Crippen LogP contribution in [0.25, 0.3) is 0 Å². The summed E-state index contributed by atoms with van der Waals surface area (Å²) in [7, 11) is 0. The van der Waals surface area contributed by atoms with Crippen LogP contribution in [-0.2, 0) is 0 Å². The molecule has 1 fully saturated rings. The average molecular weight is 179 g/mol. The number of rotatable bonds is 1. The molecule has 70 valence electrons. The van der Waals surface area contributed by atoms with Crippen LogP contribution in [0.15, 0.2) is 0 Å². The van der Waals surface area contributed by atoms with Gasteiger partial charge in [-0.1, -0.05) is 0 Å². The maximum atomic E-state index is 12.6. The number of amides is 1. The monoisotopic (exact) mass is 179 g/mol. The highest BCUT2D eigenvalue weighted by Gasteiger charge is 2.40. The lowest BCUT2D eigenvalue weighted by molar-refractivity contribution is -0.0344. The fourth-order valence-electron chi connectivity index (χ4n) is 1.35. The first kappa shape index (κ1) is 9.22. The van der Waals surface area contributed by atoms with E-state index in [4.69, 9.17) is 5.11 Å². The third-order valence-corrected chi connectivity index (χ3v) is 2.18. The first-order chi connectivity index (χ1) is 5.41. The molecule has 0 aliphatic carbocycles. The van der Waals surface area contributed by atoms with Gasteiger partial charge in [0.05, 0.1) is 0 Å². The van der Waals surface area contributed by atoms with Crippen LogP contribution >= 0.6 is 0 Å². The molecule has 0 aromatic rings. The molecule has 3 nitrogen and oxygen atoms in total. The molecule has 1 aliphatic heterocycles. The zero-order valence-electron chi connectivity index (χ0n) is 6.76. The molecule has 0 saturated carbocycles. The van der Waals surface area contributed by atoms with Crippen LogP contribution < -0.4 is 0 Å². The topological polar surface area (TPSA) is 40.5 Å². The van der Waals surface area contributed by atoms with Crippen LogP contribution in [0, 0.1) is 5.92 Å². The Morgan fingerprint density at radius 1 is 1.67 bits per heavy atom. The smallest absolute Gasteiger partial charge is 0.407 e. The second kappa shape index (κ2) is 2.88. The molecule has 0 aromatic heterocycles. The Morgan fingerprint density at radius 2 is 2.25 bits per heavy atom. The molecule has 0 radical (unpaired) electrons. The molecule has 1 amide bonds. The van der Waals surface area contributed by atoms with E-state index < -0.39 is 17.9 Å². The van der Waals surface area contributed by atoms with E-state index in [1.165, 1.54) is 0 Å². The summed E-state index contributed by atoms with van der Waals surface area (Å²) in [5, 5.41) is 8.48. The Morgan fingerprint density at radius 3 is 2.50 bits per heavy atom. The second-order valence-corrected chi connectivity index (χ2v) is 3.17. The highest BCUT2D eigenvalue weighted by Crippen LogP contribution is 2.31. The quantitative estimate of drug-likeness (QED) is 0.664. The van der Waals surface area contributed by atoms with Crippen molar-refractivity contribution in [3.05, 3.63) is 0 Å². The van der Waals surface area contributed by atoms with Crippen molar-refractivity contribution in [3.63, 3.8) is 0 Å². The summed E-state index contributed by atoms with van der Waals surface area (Å²) in [5.74, 6) is -3.57. The van der Waals surface area contributed by atoms with Gasteiger partial charge in [-0.25, -0.2) is 13.6 Å². The second-order valence-electron chi connectivity index (χ2n) is 3.17. The van der Waals surface area contributed by atoms with Gasteiger partial charge in [-0.3, -0.25) is 0 Å². The van der Waals surface area contributed by atoms with Gasteiger partial charge in [0.15, 0.2) is 0 Å². The summed E-state index contributed by atoms with van der Waals surface area (Å²) >= 11 is 0. The van der Waals surface area contributed by atoms with Crippen molar-refractivity contribution in [1.29, 1.82) is 0 Å². The zero-order valence-corrected chi connectivity index (χ0v) is 6.76. The first-order valence-corrected chi connectivity index (χ1v) is 3.77. The fraction of sp³-hybridized carbons (Fsp3) is 0.857. The average Bonchev–Trinajstić information content (AvgIpc) is 2.30. The summed E-state index contributed by atoms with van der Waals surface area (Å²) in [6.07, 6.45) is -0.850. The highest BCUT2D eigenvalue weighted by molar-refractivity contribution is 5.65. The fourth-order valence-corrected chi connectivity index (χ4v) is 1.35. The Kier molecular flexibility index (Phi) is 2.21. The maximum absolute atomic E-state index is 12.6. The molecule has 1 N–H and O–H groups in total. The van der Waals surface area contributed by atoms with Gasteiger partial charge >= 0.3 is 6.09 Å². The predicted octanol–water partition coefficient (Wildman–Crippen LogP) is 1.64. The number of nitrogens with zero attached hydrogens (tertiary/aromatic N) is 1. The normalized spacial score (nSPS) is 24.6. The van der Waals surface area contributed by atoms with Crippen LogP contribution in [0.3, 0.4) is 0 Å². The lowest BCUT2D eigenvalue weighted by Crippen LogP contribution is -2.31. The largest absolute Gasteiger partial charge is 0.465 e. The Hall–Kier alpha value is -0.870. The van der Waals surface area contributed by atoms with Gasteiger partial charge in [0.2, 0.25) is 5.92 Å². The van der Waals surface area contributed by atoms with E-state index in [9.17, 15) is 13.6 Å². The van der Waals surface area contributed by atoms with Crippen LogP contribution in [0.5, 0.6) is 0 Å². The van der Waals surface area contributed by atoms with Gasteiger partial charge < -0.3 is 10.0 Å². The molecule has 5 heteroatoms. The Labute approximate surface area is 69.0 Å². The van der Waals surface area contributed by atoms with Gasteiger partial charge in [0.1, 0.15) is 0 Å². The van der Waals surface area contributed by atoms with Gasteiger partial charge in [-0.05, 0) is 13.3 Å². The molecule has 1 rings (SSSR count). The molecule has 1 heterocycles. The molecular weight excluding hydrogens is 168 g/mol. The predicted molar refractivity (Wildman–Crippen MR) is 38.3 cm³/mol. The third-order valence-electron chi connectivity index (χ3n) is 2.18. The number of alkyl halides is 2. The van der Waals surface area contributed by atoms with Crippen LogP contribution in [0.1, 0.15) is 13.3 Å². The Balaban J connectivity index is 2.51. The number of carbonyl (C=O) groups is 1. The summed E-state index contributed by atoms with van der Waals surface area (Å²) < 4.78 is 25.3. The van der Waals surface area contributed by atoms with Gasteiger partial charge in [0.25, 0.3) is 0 Å². The lowest BCUT2D eigenvalue weighted by atomic mass is 10.0. The van der Waals surface area contributed by atoms with Crippen molar-refractivity contribution in [2.75, 3.05) is 13.1 Å². The molecule has 0 unspecified atom stereocenters. The molecule has 0 spiro atoms. The molecule has 1 atom stereocenters. The van der Waals surface area contributed by atoms with Crippen molar-refractivity contribution in [2.24, 2.45) is 5.92 Å². The minimum absolute atomic E-state index is 0.0428. The lowest BCUT2D eigenvalue weighted by Gasteiger charge is -2.18. The highest BCUT2D eigenvalue weighted by atomic mass is 19.3. The van der Waals surface area contributed by atoms with Crippen LogP contribution in [-0.4, -0.2) is 35.1 Å². The van der Waals surface area contributed by atoms with Gasteiger partial charge in [-0.15, -0.1) is 0 Å². The number of likely N-dealkylation sites (tertiary alicyclic amines) is 1. The minimum Gasteiger partial charge on any atom is -0.465 e. The third kappa shape index (κ3) is 1.84. The standard InChI is InChI=1S/C7H11F2NO2/c1-7(8,9)5-2-3-10(4-5)6(11)12/h5H,2-4H2,1H3,(H,11,12)/t5-/m1/s1. The molecule has 1 aliphatic rings. The molecular formula is C7H11F2NO2. The van der Waals surface area contributed by atoms with E-state index in [0.29, 0.717) is 0 Å².